The van der Waals surface area contributed by atoms with E-state index >= 15 is 0 Å². The van der Waals surface area contributed by atoms with Crippen LogP contribution in [0.15, 0.2) is 47.4 Å². The van der Waals surface area contributed by atoms with Crippen LogP contribution < -0.4 is 10.2 Å². The fourth-order valence-electron chi connectivity index (χ4n) is 3.56. The lowest BCUT2D eigenvalue weighted by Crippen LogP contribution is -2.48. The van der Waals surface area contributed by atoms with E-state index in [9.17, 15) is 9.18 Å². The molecular formula is C22H25FN4OS2. The molecule has 1 N–H and O–H groups in total. The maximum absolute atomic E-state index is 13.9. The molecule has 5 nitrogen and oxygen atoms in total. The molecule has 2 aromatic carbocycles. The summed E-state index contributed by atoms with van der Waals surface area (Å²) in [5.41, 5.74) is 1.21. The molecule has 0 spiro atoms. The zero-order valence-electron chi connectivity index (χ0n) is 16.9. The minimum atomic E-state index is -0.261. The Hall–Kier alpha value is -2.16. The number of hydrogen-bond donors (Lipinski definition) is 1. The van der Waals surface area contributed by atoms with E-state index in [-0.39, 0.29) is 11.7 Å². The highest BCUT2D eigenvalue weighted by Crippen LogP contribution is 2.30. The van der Waals surface area contributed by atoms with E-state index in [1.54, 1.807) is 29.2 Å². The Balaban J connectivity index is 1.26. The molecule has 0 saturated carbocycles. The minimum absolute atomic E-state index is 0.0123. The van der Waals surface area contributed by atoms with Gasteiger partial charge in [-0.25, -0.2) is 9.37 Å². The second kappa shape index (κ2) is 9.76. The van der Waals surface area contributed by atoms with Crippen molar-refractivity contribution in [1.29, 1.82) is 0 Å². The van der Waals surface area contributed by atoms with Crippen LogP contribution in [0.25, 0.3) is 10.2 Å². The second-order valence-corrected chi connectivity index (χ2v) is 9.41. The zero-order chi connectivity index (χ0) is 20.9. The number of thioether (sulfide) groups is 1. The highest BCUT2D eigenvalue weighted by atomic mass is 32.2. The third-order valence-corrected chi connectivity index (χ3v) is 7.18. The first-order valence-electron chi connectivity index (χ1n) is 10.2. The van der Waals surface area contributed by atoms with Crippen molar-refractivity contribution in [3.8, 4) is 0 Å². The average molecular weight is 445 g/mol. The highest BCUT2D eigenvalue weighted by Gasteiger charge is 2.20. The first kappa shape index (κ1) is 21.1. The van der Waals surface area contributed by atoms with Gasteiger partial charge in [-0.2, -0.15) is 0 Å². The quantitative estimate of drug-likeness (QED) is 0.556. The van der Waals surface area contributed by atoms with E-state index < -0.39 is 0 Å². The van der Waals surface area contributed by atoms with Crippen molar-refractivity contribution in [1.82, 2.24) is 15.2 Å². The van der Waals surface area contributed by atoms with Crippen molar-refractivity contribution >= 4 is 44.4 Å². The van der Waals surface area contributed by atoms with Gasteiger partial charge >= 0.3 is 0 Å². The van der Waals surface area contributed by atoms with Crippen LogP contribution in [0.4, 0.5) is 9.52 Å². The van der Waals surface area contributed by atoms with E-state index in [4.69, 9.17) is 0 Å². The van der Waals surface area contributed by atoms with Crippen LogP contribution in [0.3, 0.4) is 0 Å². The fourth-order valence-corrected chi connectivity index (χ4v) is 5.39. The molecule has 0 bridgehead atoms. The van der Waals surface area contributed by atoms with Crippen molar-refractivity contribution < 1.29 is 9.18 Å². The van der Waals surface area contributed by atoms with Gasteiger partial charge in [0.25, 0.3) is 5.91 Å². The number of nitrogens with one attached hydrogen (secondary N) is 1. The number of anilines is 1. The first-order chi connectivity index (χ1) is 14.7. The molecule has 0 unspecified atom stereocenters. The summed E-state index contributed by atoms with van der Waals surface area (Å²) in [6.07, 6.45) is 0. The van der Waals surface area contributed by atoms with E-state index in [2.05, 4.69) is 27.0 Å². The summed E-state index contributed by atoms with van der Waals surface area (Å²) < 4.78 is 14.8. The van der Waals surface area contributed by atoms with Crippen LogP contribution in [-0.2, 0) is 0 Å². The molecule has 0 aliphatic carbocycles. The molecule has 3 aromatic rings. The number of hydrogen-bond acceptors (Lipinski definition) is 6. The van der Waals surface area contributed by atoms with E-state index in [1.165, 1.54) is 6.07 Å². The van der Waals surface area contributed by atoms with Crippen LogP contribution in [0.2, 0.25) is 0 Å². The van der Waals surface area contributed by atoms with Gasteiger partial charge in [0.1, 0.15) is 11.3 Å². The number of nitrogens with zero attached hydrogens (tertiary/aromatic N) is 3. The number of fused-ring (bicyclic) bond motifs is 1. The van der Waals surface area contributed by atoms with Gasteiger partial charge < -0.3 is 10.2 Å². The summed E-state index contributed by atoms with van der Waals surface area (Å²) in [6.45, 7) is 7.03. The number of benzene rings is 2. The Bertz CT molecular complexity index is 1020. The molecule has 1 aliphatic heterocycles. The third-order valence-electron chi connectivity index (χ3n) is 5.15. The number of halogens is 1. The number of amides is 1. The lowest BCUT2D eigenvalue weighted by atomic mass is 10.2. The molecule has 1 saturated heterocycles. The summed E-state index contributed by atoms with van der Waals surface area (Å²) >= 11 is 3.23. The van der Waals surface area contributed by atoms with Crippen LogP contribution >= 0.6 is 23.1 Å². The van der Waals surface area contributed by atoms with Crippen molar-refractivity contribution in [2.45, 2.75) is 11.8 Å². The fraction of sp³-hybridized carbons (Fsp3) is 0.364. The number of aromatic nitrogens is 1. The lowest BCUT2D eigenvalue weighted by molar-refractivity contribution is 0.0945. The van der Waals surface area contributed by atoms with Crippen molar-refractivity contribution in [3.05, 3.63) is 53.8 Å². The predicted molar refractivity (Wildman–Crippen MR) is 123 cm³/mol. The highest BCUT2D eigenvalue weighted by molar-refractivity contribution is 7.99. The Morgan fingerprint density at radius 3 is 2.73 bits per heavy atom. The first-order valence-corrected chi connectivity index (χ1v) is 12.0. The van der Waals surface area contributed by atoms with Gasteiger partial charge in [-0.15, -0.1) is 11.8 Å². The Kier molecular flexibility index (Phi) is 6.86. The smallest absolute Gasteiger partial charge is 0.252 e. The molecule has 0 atom stereocenters. The second-order valence-electron chi connectivity index (χ2n) is 7.10. The van der Waals surface area contributed by atoms with Crippen LogP contribution in [0.1, 0.15) is 17.3 Å². The molecule has 8 heteroatoms. The molecule has 2 heterocycles. The molecule has 1 aromatic heterocycles. The molecule has 30 heavy (non-hydrogen) atoms. The maximum Gasteiger partial charge on any atom is 0.252 e. The summed E-state index contributed by atoms with van der Waals surface area (Å²) in [5, 5.41) is 3.93. The number of rotatable bonds is 7. The van der Waals surface area contributed by atoms with E-state index in [0.29, 0.717) is 12.1 Å². The van der Waals surface area contributed by atoms with Crippen LogP contribution in [0, 0.1) is 5.82 Å². The number of thiazole rings is 1. The lowest BCUT2D eigenvalue weighted by Gasteiger charge is -2.34. The largest absolute Gasteiger partial charge is 0.351 e. The van der Waals surface area contributed by atoms with Gasteiger partial charge in [-0.1, -0.05) is 36.5 Å². The molecule has 0 radical (unpaired) electrons. The summed E-state index contributed by atoms with van der Waals surface area (Å²) in [6, 6.07) is 12.8. The normalized spacial score (nSPS) is 14.9. The van der Waals surface area contributed by atoms with Gasteiger partial charge in [-0.3, -0.25) is 9.69 Å². The summed E-state index contributed by atoms with van der Waals surface area (Å²) in [4.78, 5) is 22.6. The SMILES string of the molecule is CCSc1ccccc1C(=O)NCCN1CCN(c2nc3c(F)cccc3s2)CC1. The number of piperazine rings is 1. The number of para-hydroxylation sites is 1. The van der Waals surface area contributed by atoms with Gasteiger partial charge in [0, 0.05) is 44.2 Å². The topological polar surface area (TPSA) is 48.5 Å². The van der Waals surface area contributed by atoms with E-state index in [0.717, 1.165) is 58.8 Å². The van der Waals surface area contributed by atoms with Crippen LogP contribution in [-0.4, -0.2) is 60.8 Å². The summed E-state index contributed by atoms with van der Waals surface area (Å²) in [5.74, 6) is 0.667. The van der Waals surface area contributed by atoms with E-state index in [1.807, 2.05) is 30.3 Å². The standard InChI is InChI=1S/C22H25FN4OS2/c1-2-29-18-8-4-3-6-16(18)21(28)24-10-11-26-12-14-27(15-13-26)22-25-20-17(23)7-5-9-19(20)30-22/h3-9H,2,10-15H2,1H3,(H,24,28). The van der Waals surface area contributed by atoms with Gasteiger partial charge in [0.15, 0.2) is 5.13 Å². The number of carbonyl (C=O) groups excluding carboxylic acids is 1. The molecule has 1 fully saturated rings. The van der Waals surface area contributed by atoms with Gasteiger partial charge in [0.05, 0.1) is 10.3 Å². The zero-order valence-corrected chi connectivity index (χ0v) is 18.6. The Labute approximate surface area is 184 Å². The molecule has 1 aliphatic rings. The molecular weight excluding hydrogens is 419 g/mol. The molecule has 1 amide bonds. The van der Waals surface area contributed by atoms with Crippen molar-refractivity contribution in [2.75, 3.05) is 49.9 Å². The Morgan fingerprint density at radius 2 is 1.97 bits per heavy atom. The molecule has 4 rings (SSSR count). The molecule has 158 valence electrons. The van der Waals surface area contributed by atoms with Crippen molar-refractivity contribution in [3.63, 3.8) is 0 Å². The third kappa shape index (κ3) is 4.77. The maximum atomic E-state index is 13.9. The van der Waals surface area contributed by atoms with Gasteiger partial charge in [-0.05, 0) is 30.0 Å². The minimum Gasteiger partial charge on any atom is -0.351 e. The van der Waals surface area contributed by atoms with Crippen molar-refractivity contribution in [2.24, 2.45) is 0 Å². The van der Waals surface area contributed by atoms with Gasteiger partial charge in [0.2, 0.25) is 0 Å². The predicted octanol–water partition coefficient (Wildman–Crippen LogP) is 4.10. The number of carbonyl (C=O) groups is 1. The monoisotopic (exact) mass is 444 g/mol. The average Bonchev–Trinajstić information content (AvgIpc) is 3.21. The van der Waals surface area contributed by atoms with Crippen LogP contribution in [0.5, 0.6) is 0 Å². The summed E-state index contributed by atoms with van der Waals surface area (Å²) in [7, 11) is 0. The Morgan fingerprint density at radius 1 is 1.17 bits per heavy atom.